The molecule has 5 nitrogen and oxygen atoms in total. The van der Waals surface area contributed by atoms with Gasteiger partial charge in [-0.1, -0.05) is 6.42 Å². The summed E-state index contributed by atoms with van der Waals surface area (Å²) in [7, 11) is 1.68. The molecule has 0 radical (unpaired) electrons. The van der Waals surface area contributed by atoms with Crippen LogP contribution in [0.4, 0.5) is 0 Å². The second kappa shape index (κ2) is 6.59. The van der Waals surface area contributed by atoms with Crippen molar-refractivity contribution < 1.29 is 9.59 Å². The van der Waals surface area contributed by atoms with E-state index in [1.807, 2.05) is 6.92 Å². The molecular formula is C12H23N3O2. The van der Waals surface area contributed by atoms with E-state index in [9.17, 15) is 9.59 Å². The fourth-order valence-electron chi connectivity index (χ4n) is 2.47. The molecule has 2 amide bonds. The van der Waals surface area contributed by atoms with Gasteiger partial charge in [0, 0.05) is 19.5 Å². The highest BCUT2D eigenvalue weighted by Crippen LogP contribution is 2.32. The topological polar surface area (TPSA) is 75.4 Å². The Hall–Kier alpha value is -1.10. The van der Waals surface area contributed by atoms with Crippen LogP contribution in [0, 0.1) is 11.8 Å². The Morgan fingerprint density at radius 2 is 2.12 bits per heavy atom. The summed E-state index contributed by atoms with van der Waals surface area (Å²) in [5.74, 6) is 0.258. The van der Waals surface area contributed by atoms with Crippen LogP contribution in [0.15, 0.2) is 0 Å². The maximum Gasteiger partial charge on any atom is 0.239 e. The zero-order chi connectivity index (χ0) is 12.8. The van der Waals surface area contributed by atoms with Gasteiger partial charge in [-0.3, -0.25) is 9.59 Å². The lowest BCUT2D eigenvalue weighted by atomic mass is 9.95. The van der Waals surface area contributed by atoms with E-state index >= 15 is 0 Å². The van der Waals surface area contributed by atoms with E-state index in [0.29, 0.717) is 19.0 Å². The van der Waals surface area contributed by atoms with Crippen molar-refractivity contribution in [3.8, 4) is 0 Å². The van der Waals surface area contributed by atoms with E-state index in [1.165, 1.54) is 4.90 Å². The molecule has 0 aromatic rings. The van der Waals surface area contributed by atoms with Gasteiger partial charge in [-0.2, -0.15) is 0 Å². The van der Waals surface area contributed by atoms with Gasteiger partial charge in [0.2, 0.25) is 11.8 Å². The SMILES string of the molecule is CCNC(=O)CN(C)C(=O)C1CCCC1CN. The predicted octanol–water partition coefficient (Wildman–Crippen LogP) is -0.0441. The first-order valence-corrected chi connectivity index (χ1v) is 6.31. The van der Waals surface area contributed by atoms with E-state index in [1.54, 1.807) is 7.05 Å². The normalized spacial score (nSPS) is 23.5. The standard InChI is InChI=1S/C12H23N3O2/c1-3-14-11(16)8-15(2)12(17)10-6-4-5-9(10)7-13/h9-10H,3-8,13H2,1-2H3,(H,14,16). The maximum absolute atomic E-state index is 12.1. The molecule has 98 valence electrons. The van der Waals surface area contributed by atoms with Crippen LogP contribution in [-0.2, 0) is 9.59 Å². The first kappa shape index (κ1) is 14.0. The van der Waals surface area contributed by atoms with Gasteiger partial charge in [-0.15, -0.1) is 0 Å². The summed E-state index contributed by atoms with van der Waals surface area (Å²) in [5, 5.41) is 2.69. The molecule has 2 atom stereocenters. The molecule has 0 aliphatic heterocycles. The van der Waals surface area contributed by atoms with Gasteiger partial charge in [-0.05, 0) is 32.2 Å². The summed E-state index contributed by atoms with van der Waals surface area (Å²) < 4.78 is 0. The van der Waals surface area contributed by atoms with Crippen LogP contribution in [0.5, 0.6) is 0 Å². The fourth-order valence-corrected chi connectivity index (χ4v) is 2.47. The molecule has 0 heterocycles. The quantitative estimate of drug-likeness (QED) is 0.709. The van der Waals surface area contributed by atoms with Crippen LogP contribution in [0.1, 0.15) is 26.2 Å². The summed E-state index contributed by atoms with van der Waals surface area (Å²) in [6.45, 7) is 3.16. The Balaban J connectivity index is 2.48. The summed E-state index contributed by atoms with van der Waals surface area (Å²) in [6, 6.07) is 0. The molecule has 3 N–H and O–H groups in total. The van der Waals surface area contributed by atoms with Crippen LogP contribution >= 0.6 is 0 Å². The first-order chi connectivity index (χ1) is 8.10. The molecule has 1 rings (SSSR count). The van der Waals surface area contributed by atoms with Crippen LogP contribution in [-0.4, -0.2) is 43.4 Å². The molecule has 1 aliphatic carbocycles. The molecule has 0 bridgehead atoms. The molecule has 5 heteroatoms. The van der Waals surface area contributed by atoms with E-state index in [0.717, 1.165) is 19.3 Å². The minimum atomic E-state index is -0.106. The Bertz CT molecular complexity index is 281. The van der Waals surface area contributed by atoms with Crippen molar-refractivity contribution in [1.29, 1.82) is 0 Å². The average molecular weight is 241 g/mol. The minimum Gasteiger partial charge on any atom is -0.355 e. The lowest BCUT2D eigenvalue weighted by Gasteiger charge is -2.24. The van der Waals surface area contributed by atoms with Gasteiger partial charge in [0.05, 0.1) is 6.54 Å². The lowest BCUT2D eigenvalue weighted by Crippen LogP contribution is -2.42. The molecule has 0 aromatic carbocycles. The Morgan fingerprint density at radius 3 is 2.71 bits per heavy atom. The lowest BCUT2D eigenvalue weighted by molar-refractivity contribution is -0.138. The fraction of sp³-hybridized carbons (Fsp3) is 0.833. The highest BCUT2D eigenvalue weighted by atomic mass is 16.2. The largest absolute Gasteiger partial charge is 0.355 e. The van der Waals surface area contributed by atoms with Gasteiger partial charge in [0.15, 0.2) is 0 Å². The van der Waals surface area contributed by atoms with E-state index in [2.05, 4.69) is 5.32 Å². The van der Waals surface area contributed by atoms with E-state index in [4.69, 9.17) is 5.73 Å². The predicted molar refractivity (Wildman–Crippen MR) is 66.2 cm³/mol. The number of carbonyl (C=O) groups excluding carboxylic acids is 2. The summed E-state index contributed by atoms with van der Waals surface area (Å²) in [6.07, 6.45) is 3.00. The van der Waals surface area contributed by atoms with Gasteiger partial charge < -0.3 is 16.0 Å². The molecule has 2 unspecified atom stereocenters. The molecular weight excluding hydrogens is 218 g/mol. The maximum atomic E-state index is 12.1. The van der Waals surface area contributed by atoms with Gasteiger partial charge in [-0.25, -0.2) is 0 Å². The number of likely N-dealkylation sites (N-methyl/N-ethyl adjacent to an activating group) is 2. The number of carbonyl (C=O) groups is 2. The van der Waals surface area contributed by atoms with Crippen molar-refractivity contribution in [2.75, 3.05) is 26.7 Å². The van der Waals surface area contributed by atoms with E-state index < -0.39 is 0 Å². The third kappa shape index (κ3) is 3.70. The van der Waals surface area contributed by atoms with Crippen molar-refractivity contribution >= 4 is 11.8 Å². The van der Waals surface area contributed by atoms with Crippen molar-refractivity contribution in [3.63, 3.8) is 0 Å². The number of nitrogens with two attached hydrogens (primary N) is 1. The molecule has 1 aliphatic rings. The van der Waals surface area contributed by atoms with Crippen LogP contribution in [0.3, 0.4) is 0 Å². The minimum absolute atomic E-state index is 0.0134. The zero-order valence-corrected chi connectivity index (χ0v) is 10.7. The smallest absolute Gasteiger partial charge is 0.239 e. The second-order valence-electron chi connectivity index (χ2n) is 4.68. The number of hydrogen-bond acceptors (Lipinski definition) is 3. The number of nitrogens with zero attached hydrogens (tertiary/aromatic N) is 1. The summed E-state index contributed by atoms with van der Waals surface area (Å²) >= 11 is 0. The summed E-state index contributed by atoms with van der Waals surface area (Å²) in [4.78, 5) is 25.1. The summed E-state index contributed by atoms with van der Waals surface area (Å²) in [5.41, 5.74) is 5.66. The third-order valence-corrected chi connectivity index (χ3v) is 3.41. The van der Waals surface area contributed by atoms with Crippen LogP contribution < -0.4 is 11.1 Å². The van der Waals surface area contributed by atoms with E-state index in [-0.39, 0.29) is 24.3 Å². The van der Waals surface area contributed by atoms with Crippen molar-refractivity contribution in [1.82, 2.24) is 10.2 Å². The molecule has 0 aromatic heterocycles. The van der Waals surface area contributed by atoms with Crippen LogP contribution in [0.2, 0.25) is 0 Å². The monoisotopic (exact) mass is 241 g/mol. The number of nitrogens with one attached hydrogen (secondary N) is 1. The zero-order valence-electron chi connectivity index (χ0n) is 10.7. The second-order valence-corrected chi connectivity index (χ2v) is 4.68. The highest BCUT2D eigenvalue weighted by Gasteiger charge is 2.33. The van der Waals surface area contributed by atoms with Gasteiger partial charge in [0.1, 0.15) is 0 Å². The highest BCUT2D eigenvalue weighted by molar-refractivity contribution is 5.86. The van der Waals surface area contributed by atoms with Gasteiger partial charge >= 0.3 is 0 Å². The van der Waals surface area contributed by atoms with Crippen molar-refractivity contribution in [3.05, 3.63) is 0 Å². The van der Waals surface area contributed by atoms with Crippen molar-refractivity contribution in [2.24, 2.45) is 17.6 Å². The average Bonchev–Trinajstić information content (AvgIpc) is 2.76. The van der Waals surface area contributed by atoms with Crippen molar-refractivity contribution in [2.45, 2.75) is 26.2 Å². The van der Waals surface area contributed by atoms with Gasteiger partial charge in [0.25, 0.3) is 0 Å². The molecule has 17 heavy (non-hydrogen) atoms. The molecule has 0 spiro atoms. The number of rotatable bonds is 5. The Labute approximate surface area is 103 Å². The number of amides is 2. The number of hydrogen-bond donors (Lipinski definition) is 2. The molecule has 1 saturated carbocycles. The molecule has 1 fully saturated rings. The first-order valence-electron chi connectivity index (χ1n) is 6.31. The van der Waals surface area contributed by atoms with Crippen LogP contribution in [0.25, 0.3) is 0 Å². The Morgan fingerprint density at radius 1 is 1.41 bits per heavy atom. The third-order valence-electron chi connectivity index (χ3n) is 3.41. The molecule has 0 saturated heterocycles. The Kier molecular flexibility index (Phi) is 5.41.